The van der Waals surface area contributed by atoms with Crippen LogP contribution in [0.3, 0.4) is 0 Å². The molecule has 3 saturated carbocycles. The Morgan fingerprint density at radius 3 is 2.50 bits per heavy atom. The molecule has 1 aromatic carbocycles. The molecule has 3 aliphatic heterocycles. The fourth-order valence-electron chi connectivity index (χ4n) is 11.4. The van der Waals surface area contributed by atoms with Crippen molar-refractivity contribution in [1.82, 2.24) is 13.9 Å². The number of benzene rings is 1. The lowest BCUT2D eigenvalue weighted by Crippen LogP contribution is -2.78. The van der Waals surface area contributed by atoms with Gasteiger partial charge in [0.15, 0.2) is 6.29 Å². The van der Waals surface area contributed by atoms with E-state index in [0.717, 1.165) is 51.6 Å². The molecule has 7 aliphatic rings. The van der Waals surface area contributed by atoms with Crippen LogP contribution in [0, 0.1) is 34.5 Å². The van der Waals surface area contributed by atoms with Crippen LogP contribution in [0.2, 0.25) is 0 Å². The van der Waals surface area contributed by atoms with Gasteiger partial charge in [-0.05, 0) is 87.2 Å². The van der Waals surface area contributed by atoms with Crippen molar-refractivity contribution in [1.29, 1.82) is 0 Å². The average Bonchev–Trinajstić information content (AvgIpc) is 3.52. The number of hydrogen-bond acceptors (Lipinski definition) is 6. The number of aliphatic hydroxyl groups is 1. The molecule has 236 valence electrons. The highest BCUT2D eigenvalue weighted by Crippen LogP contribution is 2.73. The Morgan fingerprint density at radius 2 is 1.75 bits per heavy atom. The molecule has 1 unspecified atom stereocenters. The van der Waals surface area contributed by atoms with E-state index in [0.29, 0.717) is 24.1 Å². The molecule has 44 heavy (non-hydrogen) atoms. The maximum atomic E-state index is 14.7. The molecule has 4 aliphatic carbocycles. The number of allylic oxidation sites excluding steroid dienone is 2. The van der Waals surface area contributed by atoms with Gasteiger partial charge in [-0.15, -0.1) is 0 Å². The summed E-state index contributed by atoms with van der Waals surface area (Å²) >= 11 is 0. The molecule has 2 bridgehead atoms. The van der Waals surface area contributed by atoms with E-state index in [2.05, 4.69) is 19.9 Å². The van der Waals surface area contributed by atoms with Gasteiger partial charge in [-0.1, -0.05) is 44.2 Å². The van der Waals surface area contributed by atoms with E-state index in [1.54, 1.807) is 21.5 Å². The van der Waals surface area contributed by atoms with Gasteiger partial charge in [-0.3, -0.25) is 4.79 Å². The summed E-state index contributed by atoms with van der Waals surface area (Å²) in [5, 5.41) is 11.0. The maximum absolute atomic E-state index is 14.7. The van der Waals surface area contributed by atoms with E-state index >= 15 is 0 Å². The molecule has 1 aromatic heterocycles. The lowest BCUT2D eigenvalue weighted by molar-refractivity contribution is -0.202. The predicted octanol–water partition coefficient (Wildman–Crippen LogP) is 4.13. The standard InChI is InChI=1S/C35H45N3O6/c1-22(21-44-29-11-7-8-18-43-29)25-12-13-26-32(25,2)15-14-27-33(3)28(40)19-24(39)20-34(33)16-17-35(26,27)38-31(42)36(30(41)37(34)38)23-9-5-4-6-10-23/h4-6,9-10,16-17,22,24-27,29,39H,7-8,11-15,18-21H2,1-3H3/t22-,24+,25-,26-,27-,29?,32-,33+,34-,35+/m1/s1. The number of rotatable bonds is 5. The number of fused-ring (bicyclic) bond motifs is 1. The van der Waals surface area contributed by atoms with Crippen LogP contribution in [-0.2, 0) is 25.3 Å². The van der Waals surface area contributed by atoms with E-state index in [9.17, 15) is 19.5 Å². The zero-order valence-corrected chi connectivity index (χ0v) is 26.1. The lowest BCUT2D eigenvalue weighted by atomic mass is 9.40. The minimum absolute atomic E-state index is 0.000403. The zero-order valence-electron chi connectivity index (χ0n) is 26.1. The van der Waals surface area contributed by atoms with Gasteiger partial charge in [-0.25, -0.2) is 23.5 Å². The van der Waals surface area contributed by atoms with Crippen LogP contribution >= 0.6 is 0 Å². The quantitative estimate of drug-likeness (QED) is 0.516. The monoisotopic (exact) mass is 603 g/mol. The van der Waals surface area contributed by atoms with Gasteiger partial charge in [0.25, 0.3) is 0 Å². The van der Waals surface area contributed by atoms with Crippen LogP contribution in [0.4, 0.5) is 0 Å². The number of Topliss-reactive ketones (excluding diaryl/α,β-unsaturated/α-hetero) is 1. The summed E-state index contributed by atoms with van der Waals surface area (Å²) in [6, 6.07) is 9.09. The number of hydrogen-bond donors (Lipinski definition) is 1. The van der Waals surface area contributed by atoms with E-state index in [-0.39, 0.29) is 47.9 Å². The van der Waals surface area contributed by atoms with Crippen molar-refractivity contribution in [3.63, 3.8) is 0 Å². The highest BCUT2D eigenvalue weighted by atomic mass is 16.7. The molecule has 1 N–H and O–H groups in total. The summed E-state index contributed by atoms with van der Waals surface area (Å²) in [5.41, 5.74) is -3.22. The van der Waals surface area contributed by atoms with Crippen LogP contribution in [0.1, 0.15) is 78.6 Å². The van der Waals surface area contributed by atoms with E-state index in [1.165, 1.54) is 4.57 Å². The molecule has 2 spiro atoms. The maximum Gasteiger partial charge on any atom is 0.352 e. The Balaban J connectivity index is 1.28. The van der Waals surface area contributed by atoms with Crippen molar-refractivity contribution in [2.24, 2.45) is 34.5 Å². The van der Waals surface area contributed by atoms with Crippen LogP contribution in [0.5, 0.6) is 0 Å². The smallest absolute Gasteiger partial charge is 0.352 e. The molecule has 1 saturated heterocycles. The highest BCUT2D eigenvalue weighted by Gasteiger charge is 2.77. The normalized spacial score (nSPS) is 42.8. The molecular formula is C35H45N3O6. The van der Waals surface area contributed by atoms with Crippen molar-refractivity contribution in [2.75, 3.05) is 13.2 Å². The molecule has 0 amide bonds. The molecular weight excluding hydrogens is 558 g/mol. The van der Waals surface area contributed by atoms with Crippen molar-refractivity contribution >= 4 is 5.78 Å². The summed E-state index contributed by atoms with van der Waals surface area (Å²) in [4.78, 5) is 43.4. The first-order valence-corrected chi connectivity index (χ1v) is 16.8. The molecule has 9 rings (SSSR count). The first kappa shape index (κ1) is 28.7. The Kier molecular flexibility index (Phi) is 6.28. The number of ketones is 1. The van der Waals surface area contributed by atoms with Crippen LogP contribution in [0.25, 0.3) is 5.69 Å². The fourth-order valence-corrected chi connectivity index (χ4v) is 11.4. The Labute approximate surface area is 257 Å². The van der Waals surface area contributed by atoms with Gasteiger partial charge in [0.05, 0.1) is 34.9 Å². The van der Waals surface area contributed by atoms with Gasteiger partial charge in [0.2, 0.25) is 0 Å². The van der Waals surface area contributed by atoms with Gasteiger partial charge >= 0.3 is 11.4 Å². The Hall–Kier alpha value is -2.75. The molecule has 4 heterocycles. The predicted molar refractivity (Wildman–Crippen MR) is 163 cm³/mol. The minimum Gasteiger partial charge on any atom is -0.393 e. The van der Waals surface area contributed by atoms with Gasteiger partial charge in [-0.2, -0.15) is 0 Å². The number of ether oxygens (including phenoxy) is 2. The molecule has 9 nitrogen and oxygen atoms in total. The molecule has 0 radical (unpaired) electrons. The fraction of sp³-hybridized carbons (Fsp3) is 0.686. The van der Waals surface area contributed by atoms with Crippen LogP contribution < -0.4 is 11.4 Å². The topological polar surface area (TPSA) is 105 Å². The first-order chi connectivity index (χ1) is 21.1. The summed E-state index contributed by atoms with van der Waals surface area (Å²) in [5.74, 6) is 0.585. The average molecular weight is 604 g/mol. The van der Waals surface area contributed by atoms with Gasteiger partial charge in [0.1, 0.15) is 5.78 Å². The van der Waals surface area contributed by atoms with Crippen molar-refractivity contribution in [3.05, 3.63) is 63.5 Å². The van der Waals surface area contributed by atoms with E-state index < -0.39 is 28.3 Å². The van der Waals surface area contributed by atoms with Crippen LogP contribution in [-0.4, -0.2) is 50.4 Å². The second-order valence-electron chi connectivity index (χ2n) is 15.1. The second-order valence-corrected chi connectivity index (χ2v) is 15.1. The third-order valence-electron chi connectivity index (χ3n) is 13.3. The number of carbonyl (C=O) groups excluding carboxylic acids is 1. The Morgan fingerprint density at radius 1 is 0.977 bits per heavy atom. The summed E-state index contributed by atoms with van der Waals surface area (Å²) in [7, 11) is 0. The van der Waals surface area contributed by atoms with Crippen molar-refractivity contribution in [3.8, 4) is 5.69 Å². The van der Waals surface area contributed by atoms with Crippen molar-refractivity contribution < 1.29 is 19.4 Å². The molecule has 2 aromatic rings. The van der Waals surface area contributed by atoms with E-state index in [4.69, 9.17) is 9.47 Å². The van der Waals surface area contributed by atoms with E-state index in [1.807, 2.05) is 31.2 Å². The van der Waals surface area contributed by atoms with Crippen molar-refractivity contribution in [2.45, 2.75) is 102 Å². The Bertz CT molecular complexity index is 1640. The number of aliphatic hydroxyl groups excluding tert-OH is 1. The third-order valence-corrected chi connectivity index (χ3v) is 13.3. The van der Waals surface area contributed by atoms with Gasteiger partial charge in [0, 0.05) is 25.4 Å². The number of carbonyl (C=O) groups is 1. The molecule has 4 fully saturated rings. The molecule has 10 atom stereocenters. The minimum atomic E-state index is -1.10. The second kappa shape index (κ2) is 9.63. The largest absolute Gasteiger partial charge is 0.393 e. The zero-order chi connectivity index (χ0) is 30.6. The first-order valence-electron chi connectivity index (χ1n) is 16.8. The number of nitrogens with zero attached hydrogens (tertiary/aromatic N) is 3. The summed E-state index contributed by atoms with van der Waals surface area (Å²) in [6.45, 7) is 8.09. The van der Waals surface area contributed by atoms with Gasteiger partial charge < -0.3 is 14.6 Å². The number of aromatic nitrogens is 3. The SMILES string of the molecule is C[C@H](COC1CCCCO1)[C@H]1CC[C@@H]2[C@]1(C)CC[C@H]1[C@]23C=C[C@]2(C[C@@H](O)CC(=O)[C@]12C)n1c(=O)n(-c2ccccc2)c(=O)n13. The molecule has 9 heteroatoms. The summed E-state index contributed by atoms with van der Waals surface area (Å²) < 4.78 is 16.8. The highest BCUT2D eigenvalue weighted by molar-refractivity contribution is 5.89. The lowest BCUT2D eigenvalue weighted by Gasteiger charge is -2.70. The summed E-state index contributed by atoms with van der Waals surface area (Å²) in [6.07, 6.45) is 10.4. The third kappa shape index (κ3) is 3.38. The number of para-hydroxylation sites is 1. The van der Waals surface area contributed by atoms with Crippen LogP contribution in [0.15, 0.2) is 52.1 Å².